The number of benzene rings is 1. The summed E-state index contributed by atoms with van der Waals surface area (Å²) in [6.07, 6.45) is 0. The number of nitrogens with zero attached hydrogens (tertiary/aromatic N) is 3. The highest BCUT2D eigenvalue weighted by Crippen LogP contribution is 2.26. The highest BCUT2D eigenvalue weighted by Gasteiger charge is 2.19. The van der Waals surface area contributed by atoms with E-state index in [2.05, 4.69) is 10.2 Å². The summed E-state index contributed by atoms with van der Waals surface area (Å²) < 4.78 is 5.58. The summed E-state index contributed by atoms with van der Waals surface area (Å²) >= 11 is 1.27. The highest BCUT2D eigenvalue weighted by atomic mass is 32.2. The zero-order chi connectivity index (χ0) is 14.7. The molecule has 5 nitrogen and oxygen atoms in total. The molecule has 1 heterocycles. The molecule has 0 aliphatic heterocycles. The van der Waals surface area contributed by atoms with E-state index in [-0.39, 0.29) is 11.2 Å². The topological polar surface area (TPSA) is 59.2 Å². The number of carbonyl (C=O) groups excluding carboxylic acids is 1. The van der Waals surface area contributed by atoms with Crippen molar-refractivity contribution in [1.82, 2.24) is 15.1 Å². The first-order chi connectivity index (χ1) is 9.47. The summed E-state index contributed by atoms with van der Waals surface area (Å²) in [5, 5.41) is 8.14. The van der Waals surface area contributed by atoms with Gasteiger partial charge in [-0.25, -0.2) is 0 Å². The second kappa shape index (κ2) is 6.09. The minimum absolute atomic E-state index is 0.0186. The average Bonchev–Trinajstić information content (AvgIpc) is 2.87. The van der Waals surface area contributed by atoms with E-state index in [1.165, 1.54) is 17.3 Å². The summed E-state index contributed by atoms with van der Waals surface area (Å²) in [6.45, 7) is 3.84. The van der Waals surface area contributed by atoms with Gasteiger partial charge in [-0.1, -0.05) is 29.5 Å². The molecule has 0 aliphatic rings. The van der Waals surface area contributed by atoms with Gasteiger partial charge in [0.05, 0.1) is 5.25 Å². The monoisotopic (exact) mass is 291 g/mol. The predicted octanol–water partition coefficient (Wildman–Crippen LogP) is 2.61. The van der Waals surface area contributed by atoms with Crippen LogP contribution in [-0.4, -0.2) is 40.3 Å². The number of thioether (sulfide) groups is 1. The van der Waals surface area contributed by atoms with Gasteiger partial charge in [0.25, 0.3) is 5.22 Å². The number of rotatable bonds is 4. The number of aryl methyl sites for hydroxylation is 1. The minimum Gasteiger partial charge on any atom is -0.411 e. The van der Waals surface area contributed by atoms with Crippen molar-refractivity contribution in [2.45, 2.75) is 24.3 Å². The predicted molar refractivity (Wildman–Crippen MR) is 78.5 cm³/mol. The summed E-state index contributed by atoms with van der Waals surface area (Å²) in [4.78, 5) is 13.3. The van der Waals surface area contributed by atoms with Crippen molar-refractivity contribution in [2.24, 2.45) is 0 Å². The Bertz CT molecular complexity index is 593. The van der Waals surface area contributed by atoms with Crippen molar-refractivity contribution in [3.05, 3.63) is 29.8 Å². The van der Waals surface area contributed by atoms with E-state index in [9.17, 15) is 4.79 Å². The normalized spacial score (nSPS) is 12.2. The second-order valence-electron chi connectivity index (χ2n) is 4.73. The van der Waals surface area contributed by atoms with Crippen LogP contribution in [-0.2, 0) is 4.79 Å². The van der Waals surface area contributed by atoms with Gasteiger partial charge >= 0.3 is 0 Å². The molecular formula is C14H17N3O2S. The van der Waals surface area contributed by atoms with Crippen LogP contribution >= 0.6 is 11.8 Å². The first kappa shape index (κ1) is 14.6. The van der Waals surface area contributed by atoms with E-state index in [1.807, 2.05) is 38.1 Å². The van der Waals surface area contributed by atoms with Crippen LogP contribution in [0.2, 0.25) is 0 Å². The number of carbonyl (C=O) groups is 1. The Morgan fingerprint density at radius 2 is 1.90 bits per heavy atom. The molecule has 0 aliphatic carbocycles. The molecular weight excluding hydrogens is 274 g/mol. The van der Waals surface area contributed by atoms with E-state index in [0.717, 1.165) is 5.56 Å². The first-order valence-corrected chi connectivity index (χ1v) is 7.13. The number of hydrogen-bond donors (Lipinski definition) is 0. The van der Waals surface area contributed by atoms with Crippen LogP contribution in [0.3, 0.4) is 0 Å². The average molecular weight is 291 g/mol. The molecule has 0 unspecified atom stereocenters. The van der Waals surface area contributed by atoms with Gasteiger partial charge in [-0.05, 0) is 26.0 Å². The molecule has 0 saturated heterocycles. The van der Waals surface area contributed by atoms with Crippen LogP contribution in [0.15, 0.2) is 33.9 Å². The van der Waals surface area contributed by atoms with Gasteiger partial charge in [0.2, 0.25) is 11.8 Å². The lowest BCUT2D eigenvalue weighted by atomic mass is 10.1. The minimum atomic E-state index is -0.253. The van der Waals surface area contributed by atoms with Gasteiger partial charge in [0.1, 0.15) is 0 Å². The summed E-state index contributed by atoms with van der Waals surface area (Å²) in [7, 11) is 3.45. The van der Waals surface area contributed by atoms with E-state index >= 15 is 0 Å². The fraction of sp³-hybridized carbons (Fsp3) is 0.357. The third-order valence-corrected chi connectivity index (χ3v) is 3.69. The zero-order valence-corrected chi connectivity index (χ0v) is 12.8. The van der Waals surface area contributed by atoms with E-state index in [1.54, 1.807) is 19.0 Å². The molecule has 0 fully saturated rings. The molecule has 1 amide bonds. The largest absolute Gasteiger partial charge is 0.411 e. The van der Waals surface area contributed by atoms with E-state index in [4.69, 9.17) is 4.42 Å². The summed E-state index contributed by atoms with van der Waals surface area (Å²) in [5.41, 5.74) is 2.05. The Balaban J connectivity index is 2.09. The third-order valence-electron chi connectivity index (χ3n) is 2.77. The van der Waals surface area contributed by atoms with Gasteiger partial charge in [0.15, 0.2) is 0 Å². The fourth-order valence-electron chi connectivity index (χ4n) is 1.64. The molecule has 0 spiro atoms. The Morgan fingerprint density at radius 1 is 1.25 bits per heavy atom. The molecule has 1 atom stereocenters. The Hall–Kier alpha value is -1.82. The van der Waals surface area contributed by atoms with Crippen molar-refractivity contribution in [3.8, 4) is 11.5 Å². The lowest BCUT2D eigenvalue weighted by molar-refractivity contribution is -0.127. The van der Waals surface area contributed by atoms with Gasteiger partial charge in [-0.15, -0.1) is 10.2 Å². The molecule has 106 valence electrons. The summed E-state index contributed by atoms with van der Waals surface area (Å²) in [5.74, 6) is 0.488. The van der Waals surface area contributed by atoms with Crippen LogP contribution in [0, 0.1) is 6.92 Å². The molecule has 20 heavy (non-hydrogen) atoms. The van der Waals surface area contributed by atoms with E-state index in [0.29, 0.717) is 11.1 Å². The van der Waals surface area contributed by atoms with Gasteiger partial charge in [0, 0.05) is 19.7 Å². The molecule has 0 N–H and O–H groups in total. The molecule has 2 rings (SSSR count). The molecule has 0 saturated carbocycles. The fourth-order valence-corrected chi connectivity index (χ4v) is 2.46. The first-order valence-electron chi connectivity index (χ1n) is 6.25. The van der Waals surface area contributed by atoms with Crippen LogP contribution in [0.1, 0.15) is 12.5 Å². The molecule has 1 aromatic heterocycles. The highest BCUT2D eigenvalue weighted by molar-refractivity contribution is 8.00. The smallest absolute Gasteiger partial charge is 0.277 e. The SMILES string of the molecule is Cc1ccc(-c2nnc(S[C@@H](C)C(=O)N(C)C)o2)cc1. The number of amides is 1. The number of hydrogen-bond acceptors (Lipinski definition) is 5. The molecule has 1 aromatic carbocycles. The summed E-state index contributed by atoms with van der Waals surface area (Å²) in [6, 6.07) is 7.85. The maximum atomic E-state index is 11.8. The second-order valence-corrected chi connectivity index (χ2v) is 6.02. The van der Waals surface area contributed by atoms with E-state index < -0.39 is 0 Å². The lowest BCUT2D eigenvalue weighted by Crippen LogP contribution is -2.29. The number of aromatic nitrogens is 2. The van der Waals surface area contributed by atoms with Crippen molar-refractivity contribution in [3.63, 3.8) is 0 Å². The van der Waals surface area contributed by atoms with Gasteiger partial charge in [-0.3, -0.25) is 4.79 Å². The maximum absolute atomic E-state index is 11.8. The molecule has 0 radical (unpaired) electrons. The Morgan fingerprint density at radius 3 is 2.50 bits per heavy atom. The van der Waals surface area contributed by atoms with Crippen molar-refractivity contribution in [1.29, 1.82) is 0 Å². The van der Waals surface area contributed by atoms with Crippen LogP contribution < -0.4 is 0 Å². The molecule has 2 aromatic rings. The zero-order valence-electron chi connectivity index (χ0n) is 12.0. The van der Waals surface area contributed by atoms with Gasteiger partial charge in [-0.2, -0.15) is 0 Å². The Labute approximate surface area is 122 Å². The van der Waals surface area contributed by atoms with Crippen molar-refractivity contribution in [2.75, 3.05) is 14.1 Å². The van der Waals surface area contributed by atoms with Crippen LogP contribution in [0.5, 0.6) is 0 Å². The van der Waals surface area contributed by atoms with Gasteiger partial charge < -0.3 is 9.32 Å². The lowest BCUT2D eigenvalue weighted by Gasteiger charge is -2.14. The van der Waals surface area contributed by atoms with Crippen LogP contribution in [0.4, 0.5) is 0 Å². The van der Waals surface area contributed by atoms with Crippen molar-refractivity contribution < 1.29 is 9.21 Å². The maximum Gasteiger partial charge on any atom is 0.277 e. The Kier molecular flexibility index (Phi) is 4.44. The molecule has 0 bridgehead atoms. The van der Waals surface area contributed by atoms with Crippen molar-refractivity contribution >= 4 is 17.7 Å². The standard InChI is InChI=1S/C14H17N3O2S/c1-9-5-7-11(8-6-9)12-15-16-14(19-12)20-10(2)13(18)17(3)4/h5-8,10H,1-4H3/t10-/m0/s1. The third kappa shape index (κ3) is 3.39. The van der Waals surface area contributed by atoms with Crippen LogP contribution in [0.25, 0.3) is 11.5 Å². The quantitative estimate of drug-likeness (QED) is 0.810. The molecule has 6 heteroatoms.